The number of aliphatic imine (C=N–C) groups is 1. The molecule has 0 bridgehead atoms. The van der Waals surface area contributed by atoms with Gasteiger partial charge in [0.1, 0.15) is 17.8 Å². The van der Waals surface area contributed by atoms with Gasteiger partial charge in [-0.1, -0.05) is 18.2 Å². The molecule has 22 heavy (non-hydrogen) atoms. The van der Waals surface area contributed by atoms with E-state index in [9.17, 15) is 5.21 Å². The van der Waals surface area contributed by atoms with Gasteiger partial charge in [-0.05, 0) is 37.6 Å². The minimum atomic E-state index is -0.0184. The third-order valence-electron chi connectivity index (χ3n) is 4.31. The van der Waals surface area contributed by atoms with E-state index in [1.807, 2.05) is 56.5 Å². The van der Waals surface area contributed by atoms with Crippen molar-refractivity contribution in [2.75, 3.05) is 7.11 Å². The molecule has 3 atom stereocenters. The van der Waals surface area contributed by atoms with Crippen LogP contribution in [-0.4, -0.2) is 13.3 Å². The van der Waals surface area contributed by atoms with Crippen molar-refractivity contribution in [2.24, 2.45) is 4.99 Å². The van der Waals surface area contributed by atoms with E-state index in [-0.39, 0.29) is 12.1 Å². The molecule has 2 aromatic carbocycles. The minimum Gasteiger partial charge on any atom is -0.633 e. The lowest BCUT2D eigenvalue weighted by Gasteiger charge is -2.26. The fraction of sp³-hybridized carbons (Fsp3) is 0.278. The van der Waals surface area contributed by atoms with Crippen LogP contribution in [0.25, 0.3) is 0 Å². The van der Waals surface area contributed by atoms with Gasteiger partial charge in [-0.25, -0.2) is 0 Å². The van der Waals surface area contributed by atoms with E-state index in [1.54, 1.807) is 7.11 Å². The van der Waals surface area contributed by atoms with E-state index in [4.69, 9.17) is 4.74 Å². The Kier molecular flexibility index (Phi) is 3.96. The molecule has 0 fully saturated rings. The van der Waals surface area contributed by atoms with Crippen LogP contribution in [0.4, 0.5) is 5.69 Å². The van der Waals surface area contributed by atoms with Crippen LogP contribution in [0.15, 0.2) is 47.5 Å². The lowest BCUT2D eigenvalue weighted by atomic mass is 10.0. The van der Waals surface area contributed by atoms with E-state index in [0.29, 0.717) is 5.06 Å². The number of fused-ring (bicyclic) bond motifs is 1. The monoisotopic (exact) mass is 296 g/mol. The number of hydroxylamine groups is 2. The lowest BCUT2D eigenvalue weighted by Crippen LogP contribution is -3.05. The first-order valence-corrected chi connectivity index (χ1v) is 7.46. The number of rotatable bonds is 3. The van der Waals surface area contributed by atoms with Gasteiger partial charge in [0.25, 0.3) is 0 Å². The Hall–Kier alpha value is -2.17. The summed E-state index contributed by atoms with van der Waals surface area (Å²) in [4.78, 5) is 4.48. The quantitative estimate of drug-likeness (QED) is 0.699. The van der Waals surface area contributed by atoms with Gasteiger partial charge in [0, 0.05) is 23.4 Å². The van der Waals surface area contributed by atoms with Gasteiger partial charge in [0.15, 0.2) is 0 Å². The van der Waals surface area contributed by atoms with Crippen LogP contribution in [-0.2, 0) is 0 Å². The molecule has 0 radical (unpaired) electrons. The van der Waals surface area contributed by atoms with Gasteiger partial charge in [-0.2, -0.15) is 0 Å². The molecule has 1 aliphatic rings. The molecule has 3 unspecified atom stereocenters. The minimum absolute atomic E-state index is 0.00868. The first-order chi connectivity index (χ1) is 10.6. The highest BCUT2D eigenvalue weighted by Crippen LogP contribution is 2.28. The van der Waals surface area contributed by atoms with E-state index in [1.165, 1.54) is 0 Å². The van der Waals surface area contributed by atoms with Crippen molar-refractivity contribution in [3.05, 3.63) is 64.4 Å². The molecule has 1 N–H and O–H groups in total. The molecular formula is C18H20N2O2. The third kappa shape index (κ3) is 2.63. The summed E-state index contributed by atoms with van der Waals surface area (Å²) in [7, 11) is 1.64. The highest BCUT2D eigenvalue weighted by molar-refractivity contribution is 5.82. The van der Waals surface area contributed by atoms with Crippen LogP contribution in [0.5, 0.6) is 5.75 Å². The zero-order valence-corrected chi connectivity index (χ0v) is 13.0. The highest BCUT2D eigenvalue weighted by Gasteiger charge is 2.31. The molecular weight excluding hydrogens is 276 g/mol. The van der Waals surface area contributed by atoms with Crippen LogP contribution in [0.2, 0.25) is 0 Å². The highest BCUT2D eigenvalue weighted by atomic mass is 16.5. The number of nitrogens with one attached hydrogen (secondary N) is 1. The molecule has 3 rings (SSSR count). The van der Waals surface area contributed by atoms with Gasteiger partial charge in [-0.3, -0.25) is 4.99 Å². The van der Waals surface area contributed by atoms with Gasteiger partial charge in [-0.15, -0.1) is 0 Å². The summed E-state index contributed by atoms with van der Waals surface area (Å²) in [6.07, 6.45) is 1.83. The molecule has 0 aliphatic carbocycles. The van der Waals surface area contributed by atoms with Crippen molar-refractivity contribution in [1.29, 1.82) is 0 Å². The van der Waals surface area contributed by atoms with Crippen LogP contribution >= 0.6 is 0 Å². The molecule has 0 spiro atoms. The molecule has 0 saturated carbocycles. The van der Waals surface area contributed by atoms with Gasteiger partial charge in [0.2, 0.25) is 0 Å². The van der Waals surface area contributed by atoms with Gasteiger partial charge in [0.05, 0.1) is 12.8 Å². The first kappa shape index (κ1) is 14.8. The Bertz CT molecular complexity index is 712. The smallest absolute Gasteiger partial charge is 0.121 e. The molecule has 0 aromatic heterocycles. The molecule has 1 heterocycles. The van der Waals surface area contributed by atoms with Crippen molar-refractivity contribution < 1.29 is 9.80 Å². The van der Waals surface area contributed by atoms with Crippen molar-refractivity contribution in [1.82, 2.24) is 0 Å². The van der Waals surface area contributed by atoms with Crippen LogP contribution < -0.4 is 9.80 Å². The summed E-state index contributed by atoms with van der Waals surface area (Å²) in [5.74, 6) is 0.789. The van der Waals surface area contributed by atoms with Crippen molar-refractivity contribution in [3.63, 3.8) is 0 Å². The van der Waals surface area contributed by atoms with E-state index >= 15 is 0 Å². The van der Waals surface area contributed by atoms with E-state index in [2.05, 4.69) is 11.1 Å². The van der Waals surface area contributed by atoms with Crippen LogP contribution in [0.3, 0.4) is 0 Å². The summed E-state index contributed by atoms with van der Waals surface area (Å²) in [5.41, 5.74) is 4.13. The molecule has 114 valence electrons. The molecule has 2 aromatic rings. The average molecular weight is 296 g/mol. The second-order valence-corrected chi connectivity index (χ2v) is 5.69. The number of hydrogen-bond acceptors (Lipinski definition) is 3. The normalized spacial score (nSPS) is 23.7. The molecule has 4 heteroatoms. The topological polar surface area (TPSA) is 49.1 Å². The maximum atomic E-state index is 12.1. The zero-order valence-electron chi connectivity index (χ0n) is 13.0. The summed E-state index contributed by atoms with van der Waals surface area (Å²) < 4.78 is 5.19. The molecule has 0 amide bonds. The van der Waals surface area contributed by atoms with Gasteiger partial charge < -0.3 is 15.0 Å². The summed E-state index contributed by atoms with van der Waals surface area (Å²) in [6.45, 7) is 3.96. The summed E-state index contributed by atoms with van der Waals surface area (Å²) in [6, 6.07) is 13.8. The van der Waals surface area contributed by atoms with Gasteiger partial charge >= 0.3 is 0 Å². The predicted molar refractivity (Wildman–Crippen MR) is 87.8 cm³/mol. The predicted octanol–water partition coefficient (Wildman–Crippen LogP) is 2.96. The van der Waals surface area contributed by atoms with E-state index in [0.717, 1.165) is 28.1 Å². The van der Waals surface area contributed by atoms with Crippen molar-refractivity contribution in [3.8, 4) is 5.75 Å². The number of quaternary nitrogens is 1. The summed E-state index contributed by atoms with van der Waals surface area (Å²) in [5, 5.41) is 12.4. The Morgan fingerprint density at radius 3 is 2.64 bits per heavy atom. The number of ether oxygens (including phenoxy) is 1. The fourth-order valence-corrected chi connectivity index (χ4v) is 2.96. The standard InChI is InChI=1S/C18H20N2O2/c1-12-17-8-7-14(9-18(17)13(2)20(12)21)11-19-15-5-4-6-16(10-15)22-3/h4-13,20H,1-3H3. The molecule has 4 nitrogen and oxygen atoms in total. The summed E-state index contributed by atoms with van der Waals surface area (Å²) >= 11 is 0. The maximum Gasteiger partial charge on any atom is 0.121 e. The Labute approximate surface area is 130 Å². The Balaban J connectivity index is 1.86. The Morgan fingerprint density at radius 1 is 1.09 bits per heavy atom. The number of nitrogens with zero attached hydrogens (tertiary/aromatic N) is 1. The number of methoxy groups -OCH3 is 1. The average Bonchev–Trinajstić information content (AvgIpc) is 2.77. The first-order valence-electron chi connectivity index (χ1n) is 7.46. The largest absolute Gasteiger partial charge is 0.633 e. The molecule has 0 saturated heterocycles. The van der Waals surface area contributed by atoms with Crippen molar-refractivity contribution >= 4 is 11.9 Å². The Morgan fingerprint density at radius 2 is 1.86 bits per heavy atom. The number of benzene rings is 2. The zero-order chi connectivity index (χ0) is 15.7. The van der Waals surface area contributed by atoms with Crippen LogP contribution in [0, 0.1) is 5.21 Å². The second-order valence-electron chi connectivity index (χ2n) is 5.69. The van der Waals surface area contributed by atoms with Crippen molar-refractivity contribution in [2.45, 2.75) is 25.9 Å². The fourth-order valence-electron chi connectivity index (χ4n) is 2.96. The number of hydrogen-bond donors (Lipinski definition) is 1. The SMILES string of the molecule is COc1cccc(N=Cc2ccc3c(c2)C(C)[NH+]([O-])C3C)c1. The molecule has 1 aliphatic heterocycles. The third-order valence-corrected chi connectivity index (χ3v) is 4.31. The lowest BCUT2D eigenvalue weighted by molar-refractivity contribution is -0.902. The second kappa shape index (κ2) is 5.91. The van der Waals surface area contributed by atoms with Crippen LogP contribution in [0.1, 0.15) is 42.6 Å². The van der Waals surface area contributed by atoms with E-state index < -0.39 is 0 Å². The maximum absolute atomic E-state index is 12.1.